The molecule has 0 saturated carbocycles. The Morgan fingerprint density at radius 1 is 1.31 bits per heavy atom. The molecule has 2 rings (SSSR count). The summed E-state index contributed by atoms with van der Waals surface area (Å²) in [6.45, 7) is 6.54. The molecule has 1 saturated heterocycles. The van der Waals surface area contributed by atoms with Crippen molar-refractivity contribution in [2.45, 2.75) is 32.3 Å². The zero-order valence-electron chi connectivity index (χ0n) is 15.1. The molecule has 0 bridgehead atoms. The van der Waals surface area contributed by atoms with Crippen molar-refractivity contribution in [2.24, 2.45) is 4.99 Å². The Labute approximate surface area is 183 Å². The van der Waals surface area contributed by atoms with Gasteiger partial charge >= 0.3 is 0 Å². The summed E-state index contributed by atoms with van der Waals surface area (Å²) in [6, 6.07) is 5.57. The molecule has 8 heteroatoms. The molecule has 1 aliphatic heterocycles. The number of guanidine groups is 1. The van der Waals surface area contributed by atoms with Gasteiger partial charge in [0.2, 0.25) is 0 Å². The van der Waals surface area contributed by atoms with E-state index in [-0.39, 0.29) is 30.1 Å². The first-order chi connectivity index (χ1) is 12.2. The van der Waals surface area contributed by atoms with Crippen LogP contribution in [0.1, 0.15) is 25.3 Å². The van der Waals surface area contributed by atoms with E-state index in [9.17, 15) is 0 Å². The third-order valence-corrected chi connectivity index (χ3v) is 4.60. The number of ether oxygens (including phenoxy) is 2. The SMILES string of the molecule is CCNC(=NCCCOC1CCOC1)NCCc1c(Cl)cccc1Cl.I. The largest absolute Gasteiger partial charge is 0.379 e. The maximum atomic E-state index is 6.20. The number of halogens is 3. The summed E-state index contributed by atoms with van der Waals surface area (Å²) in [5.41, 5.74) is 0.960. The lowest BCUT2D eigenvalue weighted by atomic mass is 10.1. The van der Waals surface area contributed by atoms with E-state index in [0.29, 0.717) is 23.2 Å². The first-order valence-corrected chi connectivity index (χ1v) is 9.60. The number of hydrogen-bond acceptors (Lipinski definition) is 3. The second-order valence-electron chi connectivity index (χ2n) is 5.85. The normalized spacial score (nSPS) is 17.0. The van der Waals surface area contributed by atoms with Crippen LogP contribution in [0.15, 0.2) is 23.2 Å². The van der Waals surface area contributed by atoms with Crippen LogP contribution < -0.4 is 10.6 Å². The monoisotopic (exact) mass is 515 g/mol. The van der Waals surface area contributed by atoms with Gasteiger partial charge in [0, 0.05) is 42.9 Å². The van der Waals surface area contributed by atoms with Crippen LogP contribution in [0.4, 0.5) is 0 Å². The number of nitrogens with one attached hydrogen (secondary N) is 2. The lowest BCUT2D eigenvalue weighted by Crippen LogP contribution is -2.38. The standard InChI is InChI=1S/C18H27Cl2N3O2.HI/c1-2-21-18(22-9-4-11-25-14-8-12-24-13-14)23-10-7-15-16(19)5-3-6-17(15)20;/h3,5-6,14H,2,4,7-13H2,1H3,(H2,21,22,23);1H. The highest BCUT2D eigenvalue weighted by Gasteiger charge is 2.15. The molecule has 26 heavy (non-hydrogen) atoms. The van der Waals surface area contributed by atoms with Gasteiger partial charge in [-0.1, -0.05) is 29.3 Å². The lowest BCUT2D eigenvalue weighted by molar-refractivity contribution is 0.0424. The second-order valence-corrected chi connectivity index (χ2v) is 6.66. The van der Waals surface area contributed by atoms with Crippen molar-refractivity contribution in [3.05, 3.63) is 33.8 Å². The maximum Gasteiger partial charge on any atom is 0.191 e. The molecule has 0 spiro atoms. The van der Waals surface area contributed by atoms with Gasteiger partial charge in [0.15, 0.2) is 5.96 Å². The predicted molar refractivity (Wildman–Crippen MR) is 119 cm³/mol. The Balaban J connectivity index is 0.00000338. The van der Waals surface area contributed by atoms with Crippen molar-refractivity contribution in [1.29, 1.82) is 0 Å². The summed E-state index contributed by atoms with van der Waals surface area (Å²) in [5, 5.41) is 7.96. The molecule has 0 aromatic heterocycles. The summed E-state index contributed by atoms with van der Waals surface area (Å²) in [4.78, 5) is 4.57. The van der Waals surface area contributed by atoms with Crippen molar-refractivity contribution >= 4 is 53.1 Å². The fraction of sp³-hybridized carbons (Fsp3) is 0.611. The first-order valence-electron chi connectivity index (χ1n) is 8.85. The van der Waals surface area contributed by atoms with Gasteiger partial charge in [0.25, 0.3) is 0 Å². The second kappa shape index (κ2) is 13.8. The fourth-order valence-electron chi connectivity index (χ4n) is 2.57. The van der Waals surface area contributed by atoms with Crippen LogP contribution in [0.5, 0.6) is 0 Å². The van der Waals surface area contributed by atoms with E-state index in [1.54, 1.807) is 0 Å². The van der Waals surface area contributed by atoms with Crippen LogP contribution in [-0.2, 0) is 15.9 Å². The number of benzene rings is 1. The summed E-state index contributed by atoms with van der Waals surface area (Å²) in [6.07, 6.45) is 2.89. The minimum Gasteiger partial charge on any atom is -0.379 e. The zero-order valence-corrected chi connectivity index (χ0v) is 18.9. The van der Waals surface area contributed by atoms with E-state index in [0.717, 1.165) is 57.1 Å². The number of nitrogens with zero attached hydrogens (tertiary/aromatic N) is 1. The van der Waals surface area contributed by atoms with Crippen molar-refractivity contribution in [3.8, 4) is 0 Å². The molecular weight excluding hydrogens is 488 g/mol. The third-order valence-electron chi connectivity index (χ3n) is 3.89. The van der Waals surface area contributed by atoms with Crippen LogP contribution in [0.2, 0.25) is 10.0 Å². The number of hydrogen-bond donors (Lipinski definition) is 2. The van der Waals surface area contributed by atoms with Crippen molar-refractivity contribution in [1.82, 2.24) is 10.6 Å². The summed E-state index contributed by atoms with van der Waals surface area (Å²) in [5.74, 6) is 0.801. The van der Waals surface area contributed by atoms with Gasteiger partial charge < -0.3 is 20.1 Å². The maximum absolute atomic E-state index is 6.20. The van der Waals surface area contributed by atoms with Crippen LogP contribution in [0, 0.1) is 0 Å². The van der Waals surface area contributed by atoms with Crippen LogP contribution in [0.25, 0.3) is 0 Å². The van der Waals surface area contributed by atoms with Crippen molar-refractivity contribution < 1.29 is 9.47 Å². The third kappa shape index (κ3) is 8.61. The highest BCUT2D eigenvalue weighted by atomic mass is 127. The zero-order chi connectivity index (χ0) is 17.9. The smallest absolute Gasteiger partial charge is 0.191 e. The molecule has 1 atom stereocenters. The van der Waals surface area contributed by atoms with Crippen LogP contribution in [0.3, 0.4) is 0 Å². The summed E-state index contributed by atoms with van der Waals surface area (Å²) >= 11 is 12.4. The molecule has 0 aliphatic carbocycles. The quantitative estimate of drug-likeness (QED) is 0.226. The van der Waals surface area contributed by atoms with Gasteiger partial charge in [-0.05, 0) is 43.9 Å². The Morgan fingerprint density at radius 2 is 2.08 bits per heavy atom. The Morgan fingerprint density at radius 3 is 2.73 bits per heavy atom. The molecule has 1 fully saturated rings. The lowest BCUT2D eigenvalue weighted by Gasteiger charge is -2.13. The van der Waals surface area contributed by atoms with E-state index in [1.165, 1.54) is 0 Å². The molecule has 148 valence electrons. The van der Waals surface area contributed by atoms with E-state index in [4.69, 9.17) is 32.7 Å². The van der Waals surface area contributed by atoms with Gasteiger partial charge in [-0.15, -0.1) is 24.0 Å². The topological polar surface area (TPSA) is 54.9 Å². The van der Waals surface area contributed by atoms with Crippen molar-refractivity contribution in [2.75, 3.05) is 39.5 Å². The van der Waals surface area contributed by atoms with E-state index < -0.39 is 0 Å². The Bertz CT molecular complexity index is 535. The average Bonchev–Trinajstić information content (AvgIpc) is 3.10. The number of rotatable bonds is 9. The van der Waals surface area contributed by atoms with Gasteiger partial charge in [0.1, 0.15) is 0 Å². The minimum atomic E-state index is 0. The molecule has 0 amide bonds. The molecule has 0 radical (unpaired) electrons. The molecule has 2 N–H and O–H groups in total. The van der Waals surface area contributed by atoms with Crippen LogP contribution >= 0.6 is 47.2 Å². The number of aliphatic imine (C=N–C) groups is 1. The summed E-state index contributed by atoms with van der Waals surface area (Å²) < 4.78 is 11.0. The van der Waals surface area contributed by atoms with E-state index in [2.05, 4.69) is 15.6 Å². The van der Waals surface area contributed by atoms with Gasteiger partial charge in [-0.25, -0.2) is 0 Å². The Kier molecular flexibility index (Phi) is 12.6. The van der Waals surface area contributed by atoms with Crippen LogP contribution in [-0.4, -0.2) is 51.5 Å². The predicted octanol–water partition coefficient (Wildman–Crippen LogP) is 3.90. The average molecular weight is 516 g/mol. The van der Waals surface area contributed by atoms with Gasteiger partial charge in [0.05, 0.1) is 12.7 Å². The molecule has 1 aliphatic rings. The first kappa shape index (κ1) is 23.8. The van der Waals surface area contributed by atoms with Gasteiger partial charge in [-0.2, -0.15) is 0 Å². The highest BCUT2D eigenvalue weighted by Crippen LogP contribution is 2.24. The molecule has 1 aromatic carbocycles. The highest BCUT2D eigenvalue weighted by molar-refractivity contribution is 14.0. The summed E-state index contributed by atoms with van der Waals surface area (Å²) in [7, 11) is 0. The van der Waals surface area contributed by atoms with Crippen molar-refractivity contribution in [3.63, 3.8) is 0 Å². The van der Waals surface area contributed by atoms with Gasteiger partial charge in [-0.3, -0.25) is 4.99 Å². The molecule has 1 unspecified atom stereocenters. The fourth-order valence-corrected chi connectivity index (χ4v) is 3.15. The Hall–Kier alpha value is -0.280. The molecular formula is C18H28Cl2IN3O2. The van der Waals surface area contributed by atoms with E-state index in [1.807, 2.05) is 25.1 Å². The molecule has 1 heterocycles. The molecule has 1 aromatic rings. The van der Waals surface area contributed by atoms with E-state index >= 15 is 0 Å². The molecule has 5 nitrogen and oxygen atoms in total. The minimum absolute atomic E-state index is 0.